The smallest absolute Gasteiger partial charge is 0.253 e. The zero-order valence-corrected chi connectivity index (χ0v) is 14.9. The van der Waals surface area contributed by atoms with E-state index in [1.807, 2.05) is 48.5 Å². The summed E-state index contributed by atoms with van der Waals surface area (Å²) in [7, 11) is 0. The number of para-hydroxylation sites is 1. The average Bonchev–Trinajstić information content (AvgIpc) is 3.35. The van der Waals surface area contributed by atoms with E-state index >= 15 is 0 Å². The lowest BCUT2D eigenvalue weighted by Gasteiger charge is -2.17. The Labute approximate surface area is 157 Å². The van der Waals surface area contributed by atoms with Gasteiger partial charge in [-0.3, -0.25) is 4.79 Å². The molecule has 1 heterocycles. The van der Waals surface area contributed by atoms with Crippen LogP contribution in [-0.4, -0.2) is 16.1 Å². The molecule has 0 aliphatic heterocycles. The summed E-state index contributed by atoms with van der Waals surface area (Å²) in [5.74, 6) is 1.59. The van der Waals surface area contributed by atoms with Crippen molar-refractivity contribution in [3.05, 3.63) is 78.0 Å². The summed E-state index contributed by atoms with van der Waals surface area (Å²) in [6.07, 6.45) is 2.68. The summed E-state index contributed by atoms with van der Waals surface area (Å²) >= 11 is 0. The predicted molar refractivity (Wildman–Crippen MR) is 98.9 cm³/mol. The molecule has 0 spiro atoms. The Morgan fingerprint density at radius 1 is 1.00 bits per heavy atom. The lowest BCUT2D eigenvalue weighted by Crippen LogP contribution is -2.34. The van der Waals surface area contributed by atoms with Crippen molar-refractivity contribution in [3.63, 3.8) is 0 Å². The van der Waals surface area contributed by atoms with Crippen LogP contribution in [0, 0.1) is 0 Å². The van der Waals surface area contributed by atoms with Crippen molar-refractivity contribution < 1.29 is 13.9 Å². The Hall–Kier alpha value is -3.15. The Morgan fingerprint density at radius 3 is 2.37 bits per heavy atom. The fourth-order valence-corrected chi connectivity index (χ4v) is 3.03. The summed E-state index contributed by atoms with van der Waals surface area (Å²) in [6.45, 7) is 0.209. The van der Waals surface area contributed by atoms with Gasteiger partial charge in [0.1, 0.15) is 5.75 Å². The molecule has 3 aromatic rings. The van der Waals surface area contributed by atoms with Crippen molar-refractivity contribution in [2.75, 3.05) is 0 Å². The van der Waals surface area contributed by atoms with Crippen molar-refractivity contribution in [1.29, 1.82) is 0 Å². The molecule has 0 saturated heterocycles. The van der Waals surface area contributed by atoms with Gasteiger partial charge in [-0.05, 0) is 30.5 Å². The van der Waals surface area contributed by atoms with Crippen molar-refractivity contribution in [2.45, 2.75) is 37.8 Å². The predicted octanol–water partition coefficient (Wildman–Crippen LogP) is 3.39. The first-order chi connectivity index (χ1) is 13.2. The molecule has 27 heavy (non-hydrogen) atoms. The van der Waals surface area contributed by atoms with Crippen molar-refractivity contribution in [1.82, 2.24) is 15.5 Å². The van der Waals surface area contributed by atoms with Gasteiger partial charge in [-0.25, -0.2) is 0 Å². The molecular formula is C21H21N3O3. The molecule has 1 fully saturated rings. The molecule has 1 aliphatic carbocycles. The molecule has 0 atom stereocenters. The number of carbonyl (C=O) groups is 1. The van der Waals surface area contributed by atoms with E-state index in [4.69, 9.17) is 9.15 Å². The molecule has 6 nitrogen and oxygen atoms in total. The molecule has 2 aromatic carbocycles. The first-order valence-corrected chi connectivity index (χ1v) is 9.09. The fraction of sp³-hybridized carbons (Fsp3) is 0.286. The minimum atomic E-state index is -0.193. The molecule has 6 heteroatoms. The van der Waals surface area contributed by atoms with Crippen LogP contribution in [-0.2, 0) is 23.4 Å². The van der Waals surface area contributed by atoms with Gasteiger partial charge in [-0.2, -0.15) is 0 Å². The van der Waals surface area contributed by atoms with Crippen LogP contribution in [0.3, 0.4) is 0 Å². The highest BCUT2D eigenvalue weighted by Gasteiger charge is 2.45. The second-order valence-corrected chi connectivity index (χ2v) is 6.69. The van der Waals surface area contributed by atoms with Gasteiger partial charge in [0, 0.05) is 12.8 Å². The van der Waals surface area contributed by atoms with Crippen LogP contribution in [0.4, 0.5) is 0 Å². The Bertz CT molecular complexity index is 889. The Morgan fingerprint density at radius 2 is 1.67 bits per heavy atom. The van der Waals surface area contributed by atoms with Gasteiger partial charge < -0.3 is 14.5 Å². The zero-order chi connectivity index (χ0) is 18.5. The third-order valence-corrected chi connectivity index (χ3v) is 4.64. The summed E-state index contributed by atoms with van der Waals surface area (Å²) < 4.78 is 11.1. The maximum atomic E-state index is 12.3. The molecule has 1 saturated carbocycles. The summed E-state index contributed by atoms with van der Waals surface area (Å²) in [5.41, 5.74) is 0.971. The first-order valence-electron chi connectivity index (χ1n) is 9.09. The number of nitrogens with zero attached hydrogens (tertiary/aromatic N) is 2. The number of rotatable bonds is 8. The second-order valence-electron chi connectivity index (χ2n) is 6.69. The molecule has 1 N–H and O–H groups in total. The van der Waals surface area contributed by atoms with Gasteiger partial charge in [0.15, 0.2) is 6.61 Å². The fourth-order valence-electron chi connectivity index (χ4n) is 3.03. The average molecular weight is 363 g/mol. The highest BCUT2D eigenvalue weighted by Crippen LogP contribution is 2.45. The van der Waals surface area contributed by atoms with E-state index in [0.29, 0.717) is 24.6 Å². The number of aryl methyl sites for hydroxylation is 1. The minimum absolute atomic E-state index is 0.00311. The number of hydrogen-bond donors (Lipinski definition) is 1. The topological polar surface area (TPSA) is 77.2 Å². The molecule has 1 aromatic heterocycles. The van der Waals surface area contributed by atoms with Crippen molar-refractivity contribution in [3.8, 4) is 5.75 Å². The normalized spacial score (nSPS) is 14.5. The summed E-state index contributed by atoms with van der Waals surface area (Å²) in [6, 6.07) is 19.5. The highest BCUT2D eigenvalue weighted by molar-refractivity contribution is 5.77. The largest absolute Gasteiger partial charge is 0.484 e. The van der Waals surface area contributed by atoms with Crippen molar-refractivity contribution in [2.24, 2.45) is 0 Å². The van der Waals surface area contributed by atoms with Crippen LogP contribution in [0.25, 0.3) is 0 Å². The Balaban J connectivity index is 1.26. The molecular weight excluding hydrogens is 342 g/mol. The number of benzene rings is 2. The number of carbonyl (C=O) groups excluding carboxylic acids is 1. The van der Waals surface area contributed by atoms with Gasteiger partial charge in [-0.15, -0.1) is 10.2 Å². The van der Waals surface area contributed by atoms with Gasteiger partial charge >= 0.3 is 0 Å². The van der Waals surface area contributed by atoms with E-state index in [0.717, 1.165) is 24.2 Å². The SMILES string of the molecule is O=C(CCc1nnc(COc2ccccc2)o1)NC1(c2ccccc2)CC1. The third kappa shape index (κ3) is 4.34. The lowest BCUT2D eigenvalue weighted by atomic mass is 10.0. The van der Waals surface area contributed by atoms with E-state index < -0.39 is 0 Å². The number of amides is 1. The number of aromatic nitrogens is 2. The monoisotopic (exact) mass is 363 g/mol. The van der Waals surface area contributed by atoms with Crippen LogP contribution >= 0.6 is 0 Å². The first kappa shape index (κ1) is 17.3. The highest BCUT2D eigenvalue weighted by atomic mass is 16.5. The van der Waals surface area contributed by atoms with Gasteiger partial charge in [0.2, 0.25) is 11.8 Å². The van der Waals surface area contributed by atoms with Crippen LogP contribution in [0.5, 0.6) is 5.75 Å². The number of nitrogens with one attached hydrogen (secondary N) is 1. The van der Waals surface area contributed by atoms with Crippen LogP contribution in [0.1, 0.15) is 36.6 Å². The van der Waals surface area contributed by atoms with E-state index in [-0.39, 0.29) is 18.1 Å². The van der Waals surface area contributed by atoms with Crippen LogP contribution in [0.2, 0.25) is 0 Å². The van der Waals surface area contributed by atoms with E-state index in [1.165, 1.54) is 0 Å². The minimum Gasteiger partial charge on any atom is -0.484 e. The summed E-state index contributed by atoms with van der Waals surface area (Å²) in [5, 5.41) is 11.1. The molecule has 1 amide bonds. The van der Waals surface area contributed by atoms with Crippen molar-refractivity contribution >= 4 is 5.91 Å². The maximum absolute atomic E-state index is 12.3. The van der Waals surface area contributed by atoms with E-state index in [2.05, 4.69) is 27.6 Å². The van der Waals surface area contributed by atoms with E-state index in [1.54, 1.807) is 0 Å². The molecule has 1 aliphatic rings. The van der Waals surface area contributed by atoms with Crippen LogP contribution < -0.4 is 10.1 Å². The standard InChI is InChI=1S/C21H21N3O3/c25-18(22-21(13-14-21)16-7-3-1-4-8-16)11-12-19-23-24-20(27-19)15-26-17-9-5-2-6-10-17/h1-10H,11-15H2,(H,22,25). The Kier molecular flexibility index (Phi) is 4.87. The lowest BCUT2D eigenvalue weighted by molar-refractivity contribution is -0.122. The van der Waals surface area contributed by atoms with Gasteiger partial charge in [-0.1, -0.05) is 48.5 Å². The second kappa shape index (κ2) is 7.61. The van der Waals surface area contributed by atoms with E-state index in [9.17, 15) is 4.79 Å². The molecule has 0 radical (unpaired) electrons. The molecule has 0 bridgehead atoms. The number of hydrogen-bond acceptors (Lipinski definition) is 5. The van der Waals surface area contributed by atoms with Gasteiger partial charge in [0.25, 0.3) is 5.89 Å². The zero-order valence-electron chi connectivity index (χ0n) is 14.9. The van der Waals surface area contributed by atoms with Crippen LogP contribution in [0.15, 0.2) is 65.1 Å². The summed E-state index contributed by atoms with van der Waals surface area (Å²) in [4.78, 5) is 12.3. The molecule has 4 rings (SSSR count). The maximum Gasteiger partial charge on any atom is 0.253 e. The van der Waals surface area contributed by atoms with Gasteiger partial charge in [0.05, 0.1) is 5.54 Å². The molecule has 138 valence electrons. The quantitative estimate of drug-likeness (QED) is 0.664. The molecule has 0 unspecified atom stereocenters. The third-order valence-electron chi connectivity index (χ3n) is 4.64. The number of ether oxygens (including phenoxy) is 1.